The van der Waals surface area contributed by atoms with Crippen molar-refractivity contribution in [2.45, 2.75) is 0 Å². The first kappa shape index (κ1) is 28.4. The molecule has 1 aromatic heterocycles. The van der Waals surface area contributed by atoms with Gasteiger partial charge in [-0.25, -0.2) is 0 Å². The van der Waals surface area contributed by atoms with Gasteiger partial charge in [0.15, 0.2) is 0 Å². The summed E-state index contributed by atoms with van der Waals surface area (Å²) >= 11 is 0. The van der Waals surface area contributed by atoms with Crippen molar-refractivity contribution in [1.29, 1.82) is 0 Å². The molecule has 0 spiro atoms. The van der Waals surface area contributed by atoms with Gasteiger partial charge in [-0.15, -0.1) is 0 Å². The van der Waals surface area contributed by atoms with Crippen LogP contribution in [0.3, 0.4) is 0 Å². The van der Waals surface area contributed by atoms with Gasteiger partial charge in [-0.3, -0.25) is 0 Å². The molecule has 0 radical (unpaired) electrons. The van der Waals surface area contributed by atoms with Crippen LogP contribution in [-0.4, -0.2) is 0 Å². The minimum absolute atomic E-state index is 0.906. The predicted molar refractivity (Wildman–Crippen MR) is 212 cm³/mol. The maximum absolute atomic E-state index is 6.52. The Kier molecular flexibility index (Phi) is 6.53. The van der Waals surface area contributed by atoms with E-state index in [1.807, 2.05) is 12.1 Å². The second-order valence-electron chi connectivity index (χ2n) is 12.9. The molecule has 1 heterocycles. The number of fused-ring (bicyclic) bond motifs is 8. The Labute approximate surface area is 290 Å². The monoisotopic (exact) mass is 637 g/mol. The average molecular weight is 638 g/mol. The van der Waals surface area contributed by atoms with E-state index in [2.05, 4.69) is 181 Å². The molecule has 0 amide bonds. The van der Waals surface area contributed by atoms with E-state index in [9.17, 15) is 0 Å². The smallest absolute Gasteiger partial charge is 0.143 e. The molecule has 0 aliphatic heterocycles. The molecule has 0 unspecified atom stereocenters. The van der Waals surface area contributed by atoms with E-state index in [0.717, 1.165) is 49.8 Å². The van der Waals surface area contributed by atoms with E-state index in [4.69, 9.17) is 4.42 Å². The van der Waals surface area contributed by atoms with E-state index in [1.165, 1.54) is 43.8 Å². The van der Waals surface area contributed by atoms with Crippen LogP contribution in [0.25, 0.3) is 76.5 Å². The number of hydrogen-bond acceptors (Lipinski definition) is 2. The molecule has 234 valence electrons. The highest BCUT2D eigenvalue weighted by Crippen LogP contribution is 2.46. The van der Waals surface area contributed by atoms with E-state index in [1.54, 1.807) is 0 Å². The zero-order valence-corrected chi connectivity index (χ0v) is 27.3. The molecular weight excluding hydrogens is 607 g/mol. The predicted octanol–water partition coefficient (Wildman–Crippen LogP) is 13.8. The highest BCUT2D eigenvalue weighted by molar-refractivity contribution is 6.18. The molecule has 0 saturated carbocycles. The minimum Gasteiger partial charge on any atom is -0.455 e. The quantitative estimate of drug-likeness (QED) is 0.175. The van der Waals surface area contributed by atoms with Crippen molar-refractivity contribution >= 4 is 71.3 Å². The molecule has 10 aromatic rings. The third kappa shape index (κ3) is 4.50. The number of anilines is 3. The van der Waals surface area contributed by atoms with E-state index in [0.29, 0.717) is 0 Å². The Morgan fingerprint density at radius 2 is 0.940 bits per heavy atom. The first-order valence-corrected chi connectivity index (χ1v) is 17.1. The highest BCUT2D eigenvalue weighted by Gasteiger charge is 2.21. The number of hydrogen-bond donors (Lipinski definition) is 0. The van der Waals surface area contributed by atoms with Gasteiger partial charge in [-0.2, -0.15) is 0 Å². The first-order chi connectivity index (χ1) is 24.8. The van der Waals surface area contributed by atoms with Crippen LogP contribution in [0.4, 0.5) is 17.1 Å². The standard InChI is InChI=1S/C48H31NO/c1-2-13-32(14-3-1)37-17-8-10-22-45(37)49(46-23-12-21-42-40(46)29-30-43-41-20-9-11-24-47(41)50-48(42)43)35-27-25-33(26-28-35)44-31-34-15-4-5-16-36(34)38-18-6-7-19-39(38)44/h1-31H. The van der Waals surface area contributed by atoms with Gasteiger partial charge in [0.05, 0.1) is 11.4 Å². The summed E-state index contributed by atoms with van der Waals surface area (Å²) in [5.74, 6) is 0. The summed E-state index contributed by atoms with van der Waals surface area (Å²) < 4.78 is 6.52. The highest BCUT2D eigenvalue weighted by atomic mass is 16.3. The van der Waals surface area contributed by atoms with Crippen LogP contribution >= 0.6 is 0 Å². The van der Waals surface area contributed by atoms with Gasteiger partial charge in [-0.1, -0.05) is 146 Å². The lowest BCUT2D eigenvalue weighted by molar-refractivity contribution is 0.672. The first-order valence-electron chi connectivity index (χ1n) is 17.1. The number of rotatable bonds is 5. The second kappa shape index (κ2) is 11.5. The Hall–Kier alpha value is -6.64. The van der Waals surface area contributed by atoms with Gasteiger partial charge in [0.1, 0.15) is 11.2 Å². The van der Waals surface area contributed by atoms with Gasteiger partial charge in [0.2, 0.25) is 0 Å². The van der Waals surface area contributed by atoms with Crippen molar-refractivity contribution in [3.05, 3.63) is 188 Å². The minimum atomic E-state index is 0.906. The average Bonchev–Trinajstić information content (AvgIpc) is 3.58. The Morgan fingerprint density at radius 3 is 1.80 bits per heavy atom. The molecular formula is C48H31NO. The maximum Gasteiger partial charge on any atom is 0.143 e. The maximum atomic E-state index is 6.52. The molecule has 0 fully saturated rings. The number of benzene rings is 9. The van der Waals surface area contributed by atoms with Crippen molar-refractivity contribution in [2.24, 2.45) is 0 Å². The molecule has 0 N–H and O–H groups in total. The van der Waals surface area contributed by atoms with Crippen molar-refractivity contribution in [3.63, 3.8) is 0 Å². The van der Waals surface area contributed by atoms with Crippen molar-refractivity contribution < 1.29 is 4.42 Å². The van der Waals surface area contributed by atoms with E-state index in [-0.39, 0.29) is 0 Å². The summed E-state index contributed by atoms with van der Waals surface area (Å²) in [5, 5.41) is 9.55. The lowest BCUT2D eigenvalue weighted by Crippen LogP contribution is -2.11. The van der Waals surface area contributed by atoms with Crippen molar-refractivity contribution in [1.82, 2.24) is 0 Å². The molecule has 0 aliphatic rings. The van der Waals surface area contributed by atoms with Crippen LogP contribution in [0.15, 0.2) is 192 Å². The van der Waals surface area contributed by atoms with Gasteiger partial charge in [0.25, 0.3) is 0 Å². The summed E-state index contributed by atoms with van der Waals surface area (Å²) in [6.45, 7) is 0. The Balaban J connectivity index is 1.20. The fourth-order valence-electron chi connectivity index (χ4n) is 7.74. The largest absolute Gasteiger partial charge is 0.455 e. The van der Waals surface area contributed by atoms with Crippen LogP contribution in [0, 0.1) is 0 Å². The normalized spacial score (nSPS) is 11.6. The molecule has 2 heteroatoms. The van der Waals surface area contributed by atoms with Gasteiger partial charge >= 0.3 is 0 Å². The molecule has 0 aliphatic carbocycles. The summed E-state index contributed by atoms with van der Waals surface area (Å²) in [4.78, 5) is 2.40. The third-order valence-corrected chi connectivity index (χ3v) is 10.1. The van der Waals surface area contributed by atoms with Gasteiger partial charge < -0.3 is 9.32 Å². The van der Waals surface area contributed by atoms with E-state index < -0.39 is 0 Å². The van der Waals surface area contributed by atoms with E-state index >= 15 is 0 Å². The molecule has 0 atom stereocenters. The number of nitrogens with zero attached hydrogens (tertiary/aromatic N) is 1. The molecule has 10 rings (SSSR count). The summed E-state index contributed by atoms with van der Waals surface area (Å²) in [7, 11) is 0. The molecule has 0 saturated heterocycles. The van der Waals surface area contributed by atoms with Crippen LogP contribution < -0.4 is 4.90 Å². The third-order valence-electron chi connectivity index (χ3n) is 10.1. The van der Waals surface area contributed by atoms with Crippen LogP contribution in [0.1, 0.15) is 0 Å². The lowest BCUT2D eigenvalue weighted by Gasteiger charge is -2.29. The summed E-state index contributed by atoms with van der Waals surface area (Å²) in [6, 6.07) is 67.5. The second-order valence-corrected chi connectivity index (χ2v) is 12.9. The Bertz CT molecular complexity index is 2870. The van der Waals surface area contributed by atoms with Gasteiger partial charge in [0, 0.05) is 32.8 Å². The summed E-state index contributed by atoms with van der Waals surface area (Å²) in [5.41, 5.74) is 9.88. The fraction of sp³-hybridized carbons (Fsp3) is 0. The fourth-order valence-corrected chi connectivity index (χ4v) is 7.74. The van der Waals surface area contributed by atoms with Crippen LogP contribution in [0.5, 0.6) is 0 Å². The molecule has 0 bridgehead atoms. The molecule has 2 nitrogen and oxygen atoms in total. The molecule has 9 aromatic carbocycles. The van der Waals surface area contributed by atoms with Crippen molar-refractivity contribution in [2.75, 3.05) is 4.90 Å². The topological polar surface area (TPSA) is 16.4 Å². The summed E-state index contributed by atoms with van der Waals surface area (Å²) in [6.07, 6.45) is 0. The zero-order valence-electron chi connectivity index (χ0n) is 27.3. The number of furan rings is 1. The molecule has 50 heavy (non-hydrogen) atoms. The Morgan fingerprint density at radius 1 is 0.340 bits per heavy atom. The van der Waals surface area contributed by atoms with Crippen LogP contribution in [-0.2, 0) is 0 Å². The van der Waals surface area contributed by atoms with Crippen molar-refractivity contribution in [3.8, 4) is 22.3 Å². The SMILES string of the molecule is c1ccc(-c2ccccc2N(c2ccc(-c3cc4ccccc4c4ccccc34)cc2)c2cccc3c2ccc2c4ccccc4oc32)cc1. The van der Waals surface area contributed by atoms with Gasteiger partial charge in [-0.05, 0) is 80.7 Å². The lowest BCUT2D eigenvalue weighted by atomic mass is 9.93. The number of para-hydroxylation sites is 2. The zero-order chi connectivity index (χ0) is 33.0. The van der Waals surface area contributed by atoms with Crippen LogP contribution in [0.2, 0.25) is 0 Å².